The summed E-state index contributed by atoms with van der Waals surface area (Å²) in [5, 5.41) is 5.22. The fourth-order valence-electron chi connectivity index (χ4n) is 1.28. The molecule has 3 amide bonds. The number of aromatic nitrogens is 1. The number of nitrogens with one attached hydrogen (secondary N) is 2. The standard InChI is InChI=1S/C13H20N4O3/c1-13(2,3)16-6-9-4-5-10(7-15-9)20-8-11(18)17-12(14)19/h4-5,7,16H,6,8H2,1-3H3,(H3,14,17,18,19). The first-order valence-electron chi connectivity index (χ1n) is 6.18. The van der Waals surface area contributed by atoms with Gasteiger partial charge >= 0.3 is 6.03 Å². The minimum absolute atomic E-state index is 0.0176. The minimum Gasteiger partial charge on any atom is -0.482 e. The number of hydrogen-bond donors (Lipinski definition) is 3. The van der Waals surface area contributed by atoms with E-state index in [1.54, 1.807) is 12.1 Å². The maximum Gasteiger partial charge on any atom is 0.318 e. The largest absolute Gasteiger partial charge is 0.482 e. The van der Waals surface area contributed by atoms with Crippen LogP contribution in [-0.2, 0) is 11.3 Å². The third-order valence-corrected chi connectivity index (χ3v) is 2.23. The van der Waals surface area contributed by atoms with Crippen molar-refractivity contribution in [3.05, 3.63) is 24.0 Å². The molecule has 1 rings (SSSR count). The van der Waals surface area contributed by atoms with Crippen molar-refractivity contribution in [2.45, 2.75) is 32.9 Å². The van der Waals surface area contributed by atoms with Crippen LogP contribution in [0.15, 0.2) is 18.3 Å². The lowest BCUT2D eigenvalue weighted by Crippen LogP contribution is -2.38. The van der Waals surface area contributed by atoms with Gasteiger partial charge in [-0.1, -0.05) is 0 Å². The van der Waals surface area contributed by atoms with Crippen LogP contribution in [0.3, 0.4) is 0 Å². The third kappa shape index (κ3) is 6.69. The summed E-state index contributed by atoms with van der Waals surface area (Å²) in [6.07, 6.45) is 1.53. The Balaban J connectivity index is 2.42. The quantitative estimate of drug-likeness (QED) is 0.730. The van der Waals surface area contributed by atoms with E-state index in [4.69, 9.17) is 10.5 Å². The molecule has 4 N–H and O–H groups in total. The van der Waals surface area contributed by atoms with Gasteiger partial charge in [-0.25, -0.2) is 4.79 Å². The normalized spacial score (nSPS) is 10.9. The number of amides is 3. The second kappa shape index (κ2) is 6.85. The van der Waals surface area contributed by atoms with Crippen LogP contribution in [0, 0.1) is 0 Å². The van der Waals surface area contributed by atoms with Crippen molar-refractivity contribution >= 4 is 11.9 Å². The number of rotatable bonds is 5. The zero-order valence-electron chi connectivity index (χ0n) is 11.9. The van der Waals surface area contributed by atoms with Gasteiger partial charge in [-0.05, 0) is 32.9 Å². The number of pyridine rings is 1. The first-order valence-corrected chi connectivity index (χ1v) is 6.18. The van der Waals surface area contributed by atoms with E-state index in [-0.39, 0.29) is 12.1 Å². The van der Waals surface area contributed by atoms with Gasteiger partial charge < -0.3 is 15.8 Å². The van der Waals surface area contributed by atoms with Gasteiger partial charge in [0.05, 0.1) is 11.9 Å². The molecule has 7 heteroatoms. The molecule has 0 saturated heterocycles. The van der Waals surface area contributed by atoms with Crippen LogP contribution < -0.4 is 21.1 Å². The van der Waals surface area contributed by atoms with Crippen LogP contribution >= 0.6 is 0 Å². The van der Waals surface area contributed by atoms with E-state index in [2.05, 4.69) is 31.1 Å². The number of hydrogen-bond acceptors (Lipinski definition) is 5. The van der Waals surface area contributed by atoms with E-state index in [1.807, 2.05) is 5.32 Å². The lowest BCUT2D eigenvalue weighted by Gasteiger charge is -2.20. The van der Waals surface area contributed by atoms with Gasteiger partial charge in [-0.15, -0.1) is 0 Å². The summed E-state index contributed by atoms with van der Waals surface area (Å²) in [7, 11) is 0. The Bertz CT molecular complexity index is 465. The molecule has 0 aromatic carbocycles. The zero-order chi connectivity index (χ0) is 15.2. The second-order valence-corrected chi connectivity index (χ2v) is 5.29. The number of imide groups is 1. The molecule has 1 aromatic rings. The number of ether oxygens (including phenoxy) is 1. The summed E-state index contributed by atoms with van der Waals surface area (Å²) in [4.78, 5) is 25.8. The molecule has 0 radical (unpaired) electrons. The Morgan fingerprint density at radius 3 is 2.55 bits per heavy atom. The van der Waals surface area contributed by atoms with Crippen LogP contribution in [0.2, 0.25) is 0 Å². The van der Waals surface area contributed by atoms with Crippen molar-refractivity contribution in [2.24, 2.45) is 5.73 Å². The number of urea groups is 1. The molecule has 0 aliphatic heterocycles. The van der Waals surface area contributed by atoms with E-state index in [9.17, 15) is 9.59 Å². The lowest BCUT2D eigenvalue weighted by atomic mass is 10.1. The van der Waals surface area contributed by atoms with E-state index in [0.29, 0.717) is 12.3 Å². The van der Waals surface area contributed by atoms with Gasteiger partial charge in [0.25, 0.3) is 5.91 Å². The highest BCUT2D eigenvalue weighted by molar-refractivity contribution is 5.94. The van der Waals surface area contributed by atoms with E-state index >= 15 is 0 Å². The topological polar surface area (TPSA) is 106 Å². The van der Waals surface area contributed by atoms with Gasteiger partial charge in [-0.2, -0.15) is 0 Å². The van der Waals surface area contributed by atoms with Crippen LogP contribution in [0.25, 0.3) is 0 Å². The maximum atomic E-state index is 11.1. The van der Waals surface area contributed by atoms with Gasteiger partial charge in [0.1, 0.15) is 5.75 Å². The highest BCUT2D eigenvalue weighted by Gasteiger charge is 2.09. The second-order valence-electron chi connectivity index (χ2n) is 5.29. The Morgan fingerprint density at radius 2 is 2.05 bits per heavy atom. The Hall–Kier alpha value is -2.15. The molecular weight excluding hydrogens is 260 g/mol. The summed E-state index contributed by atoms with van der Waals surface area (Å²) in [5.74, 6) is -0.153. The smallest absolute Gasteiger partial charge is 0.318 e. The molecule has 0 fully saturated rings. The Morgan fingerprint density at radius 1 is 1.35 bits per heavy atom. The highest BCUT2D eigenvalue weighted by Crippen LogP contribution is 2.09. The molecule has 0 unspecified atom stereocenters. The van der Waals surface area contributed by atoms with E-state index in [1.165, 1.54) is 6.20 Å². The minimum atomic E-state index is -0.902. The number of carbonyl (C=O) groups is 2. The Labute approximate surface area is 117 Å². The monoisotopic (exact) mass is 280 g/mol. The SMILES string of the molecule is CC(C)(C)NCc1ccc(OCC(=O)NC(N)=O)cn1. The average Bonchev–Trinajstić information content (AvgIpc) is 2.33. The molecule has 0 spiro atoms. The van der Waals surface area contributed by atoms with Gasteiger partial charge in [0.2, 0.25) is 0 Å². The molecule has 110 valence electrons. The van der Waals surface area contributed by atoms with Crippen molar-refractivity contribution in [3.8, 4) is 5.75 Å². The molecule has 0 aliphatic rings. The van der Waals surface area contributed by atoms with Crippen LogP contribution in [-0.4, -0.2) is 29.1 Å². The summed E-state index contributed by atoms with van der Waals surface area (Å²) in [6, 6.07) is 2.62. The highest BCUT2D eigenvalue weighted by atomic mass is 16.5. The fraction of sp³-hybridized carbons (Fsp3) is 0.462. The summed E-state index contributed by atoms with van der Waals surface area (Å²) in [5.41, 5.74) is 5.69. The van der Waals surface area contributed by atoms with Gasteiger partial charge in [0, 0.05) is 12.1 Å². The molecule has 0 saturated carbocycles. The van der Waals surface area contributed by atoms with E-state index in [0.717, 1.165) is 5.69 Å². The number of nitrogens with zero attached hydrogens (tertiary/aromatic N) is 1. The van der Waals surface area contributed by atoms with Crippen molar-refractivity contribution in [1.29, 1.82) is 0 Å². The number of carbonyl (C=O) groups excluding carboxylic acids is 2. The molecule has 0 atom stereocenters. The van der Waals surface area contributed by atoms with Crippen molar-refractivity contribution < 1.29 is 14.3 Å². The fourth-order valence-corrected chi connectivity index (χ4v) is 1.28. The summed E-state index contributed by atoms with van der Waals surface area (Å²) >= 11 is 0. The van der Waals surface area contributed by atoms with Crippen molar-refractivity contribution in [2.75, 3.05) is 6.61 Å². The van der Waals surface area contributed by atoms with Gasteiger partial charge in [0.15, 0.2) is 6.61 Å². The maximum absolute atomic E-state index is 11.1. The molecule has 20 heavy (non-hydrogen) atoms. The first kappa shape index (κ1) is 15.9. The van der Waals surface area contributed by atoms with Crippen LogP contribution in [0.1, 0.15) is 26.5 Å². The predicted octanol–water partition coefficient (Wildman–Crippen LogP) is 0.543. The Kier molecular flexibility index (Phi) is 5.45. The molecular formula is C13H20N4O3. The molecule has 0 bridgehead atoms. The molecule has 0 aliphatic carbocycles. The lowest BCUT2D eigenvalue weighted by molar-refractivity contribution is -0.121. The average molecular weight is 280 g/mol. The molecule has 7 nitrogen and oxygen atoms in total. The van der Waals surface area contributed by atoms with Crippen LogP contribution in [0.4, 0.5) is 4.79 Å². The zero-order valence-corrected chi connectivity index (χ0v) is 11.9. The van der Waals surface area contributed by atoms with Gasteiger partial charge in [-0.3, -0.25) is 15.1 Å². The molecule has 1 heterocycles. The number of nitrogens with two attached hydrogens (primary N) is 1. The summed E-state index contributed by atoms with van der Waals surface area (Å²) < 4.78 is 5.17. The van der Waals surface area contributed by atoms with Crippen molar-refractivity contribution in [1.82, 2.24) is 15.6 Å². The predicted molar refractivity (Wildman–Crippen MR) is 74.1 cm³/mol. The van der Waals surface area contributed by atoms with E-state index < -0.39 is 11.9 Å². The van der Waals surface area contributed by atoms with Crippen molar-refractivity contribution in [3.63, 3.8) is 0 Å². The third-order valence-electron chi connectivity index (χ3n) is 2.23. The van der Waals surface area contributed by atoms with Crippen LogP contribution in [0.5, 0.6) is 5.75 Å². The first-order chi connectivity index (χ1) is 9.26. The number of primary amides is 1. The molecule has 1 aromatic heterocycles. The summed E-state index contributed by atoms with van der Waals surface area (Å²) in [6.45, 7) is 6.57.